The van der Waals surface area contributed by atoms with Gasteiger partial charge < -0.3 is 15.4 Å². The highest BCUT2D eigenvalue weighted by molar-refractivity contribution is 5.85. The molecule has 1 aliphatic rings. The minimum absolute atomic E-state index is 0. The van der Waals surface area contributed by atoms with Gasteiger partial charge in [0.15, 0.2) is 0 Å². The van der Waals surface area contributed by atoms with Crippen LogP contribution in [0, 0.1) is 5.41 Å². The first-order valence-corrected chi connectivity index (χ1v) is 7.93. The Hall–Kier alpha value is -0.320. The molecule has 0 radical (unpaired) electrons. The summed E-state index contributed by atoms with van der Waals surface area (Å²) in [5, 5.41) is 0. The molecule has 0 saturated heterocycles. The summed E-state index contributed by atoms with van der Waals surface area (Å²) < 4.78 is 5.93. The van der Waals surface area contributed by atoms with Gasteiger partial charge >= 0.3 is 0 Å². The van der Waals surface area contributed by atoms with E-state index in [4.69, 9.17) is 10.5 Å². The standard InChI is InChI=1S/C16H32N2O2.ClH/c1-6-7-10-20-14-11-13(16(14,3)4)18(5)15(19)9-8-12(2)17;/h12-14H,6-11,17H2,1-5H3;1H. The van der Waals surface area contributed by atoms with Crippen molar-refractivity contribution in [1.82, 2.24) is 4.90 Å². The third-order valence-corrected chi connectivity index (χ3v) is 4.62. The van der Waals surface area contributed by atoms with E-state index in [9.17, 15) is 4.79 Å². The summed E-state index contributed by atoms with van der Waals surface area (Å²) in [6, 6.07) is 0.376. The normalized spacial score (nSPS) is 24.7. The molecule has 0 aromatic carbocycles. The monoisotopic (exact) mass is 320 g/mol. The van der Waals surface area contributed by atoms with Crippen LogP contribution in [0.1, 0.15) is 59.8 Å². The highest BCUT2D eigenvalue weighted by Crippen LogP contribution is 2.45. The Morgan fingerprint density at radius 3 is 2.57 bits per heavy atom. The zero-order valence-corrected chi connectivity index (χ0v) is 15.0. The Labute approximate surface area is 136 Å². The van der Waals surface area contributed by atoms with Gasteiger partial charge in [0.25, 0.3) is 0 Å². The Balaban J connectivity index is 0.00000400. The summed E-state index contributed by atoms with van der Waals surface area (Å²) >= 11 is 0. The van der Waals surface area contributed by atoms with Crippen molar-refractivity contribution in [2.24, 2.45) is 11.1 Å². The van der Waals surface area contributed by atoms with Crippen molar-refractivity contribution in [3.63, 3.8) is 0 Å². The van der Waals surface area contributed by atoms with Crippen LogP contribution in [0.2, 0.25) is 0 Å². The summed E-state index contributed by atoms with van der Waals surface area (Å²) in [7, 11) is 1.91. The lowest BCUT2D eigenvalue weighted by Crippen LogP contribution is -2.62. The summed E-state index contributed by atoms with van der Waals surface area (Å²) in [4.78, 5) is 14.1. The van der Waals surface area contributed by atoms with E-state index in [1.54, 1.807) is 0 Å². The van der Waals surface area contributed by atoms with Crippen molar-refractivity contribution in [2.75, 3.05) is 13.7 Å². The molecule has 0 aromatic heterocycles. The molecule has 0 spiro atoms. The van der Waals surface area contributed by atoms with Gasteiger partial charge in [-0.25, -0.2) is 0 Å². The van der Waals surface area contributed by atoms with Gasteiger partial charge in [0.1, 0.15) is 0 Å². The maximum Gasteiger partial charge on any atom is 0.222 e. The van der Waals surface area contributed by atoms with Gasteiger partial charge in [-0.3, -0.25) is 4.79 Å². The molecule has 3 atom stereocenters. The van der Waals surface area contributed by atoms with Crippen LogP contribution in [0.3, 0.4) is 0 Å². The minimum atomic E-state index is 0. The fourth-order valence-electron chi connectivity index (χ4n) is 2.88. The van der Waals surface area contributed by atoms with Crippen molar-refractivity contribution in [2.45, 2.75) is 78.0 Å². The van der Waals surface area contributed by atoms with Crippen LogP contribution in [0.5, 0.6) is 0 Å². The summed E-state index contributed by atoms with van der Waals surface area (Å²) in [5.74, 6) is 0.201. The van der Waals surface area contributed by atoms with Crippen molar-refractivity contribution in [3.05, 3.63) is 0 Å². The van der Waals surface area contributed by atoms with Crippen molar-refractivity contribution < 1.29 is 9.53 Å². The van der Waals surface area contributed by atoms with Gasteiger partial charge in [-0.1, -0.05) is 27.2 Å². The number of amides is 1. The number of ether oxygens (including phenoxy) is 1. The predicted octanol–water partition coefficient (Wildman–Crippen LogP) is 2.98. The molecule has 2 N–H and O–H groups in total. The molecule has 1 saturated carbocycles. The number of nitrogens with zero attached hydrogens (tertiary/aromatic N) is 1. The smallest absolute Gasteiger partial charge is 0.222 e. The van der Waals surface area contributed by atoms with Crippen LogP contribution >= 0.6 is 12.4 Å². The summed E-state index contributed by atoms with van der Waals surface area (Å²) in [6.45, 7) is 9.35. The van der Waals surface area contributed by atoms with Gasteiger partial charge in [0.05, 0.1) is 6.10 Å². The molecule has 3 unspecified atom stereocenters. The number of nitrogens with two attached hydrogens (primary N) is 1. The number of carbonyl (C=O) groups excluding carboxylic acids is 1. The maximum absolute atomic E-state index is 12.2. The molecular formula is C16H33ClN2O2. The number of rotatable bonds is 8. The van der Waals surface area contributed by atoms with Gasteiger partial charge in [-0.05, 0) is 26.2 Å². The van der Waals surface area contributed by atoms with Gasteiger partial charge in [-0.15, -0.1) is 12.4 Å². The molecule has 0 heterocycles. The first kappa shape index (κ1) is 20.7. The molecule has 0 bridgehead atoms. The number of carbonyl (C=O) groups is 1. The van der Waals surface area contributed by atoms with Gasteiger partial charge in [0, 0.05) is 37.6 Å². The molecule has 21 heavy (non-hydrogen) atoms. The Bertz CT molecular complexity index is 321. The zero-order valence-electron chi connectivity index (χ0n) is 14.2. The van der Waals surface area contributed by atoms with Crippen LogP contribution in [0.4, 0.5) is 0 Å². The number of unbranched alkanes of at least 4 members (excludes halogenated alkanes) is 1. The summed E-state index contributed by atoms with van der Waals surface area (Å²) in [5.41, 5.74) is 5.76. The van der Waals surface area contributed by atoms with Crippen LogP contribution in [-0.4, -0.2) is 42.6 Å². The minimum Gasteiger partial charge on any atom is -0.378 e. The van der Waals surface area contributed by atoms with Gasteiger partial charge in [-0.2, -0.15) is 0 Å². The van der Waals surface area contributed by atoms with E-state index in [-0.39, 0.29) is 41.9 Å². The molecule has 0 aromatic rings. The third kappa shape index (κ3) is 5.42. The van der Waals surface area contributed by atoms with Crippen molar-refractivity contribution in [3.8, 4) is 0 Å². The molecular weight excluding hydrogens is 288 g/mol. The fourth-order valence-corrected chi connectivity index (χ4v) is 2.88. The Kier molecular flexibility index (Phi) is 8.83. The van der Waals surface area contributed by atoms with Crippen LogP contribution in [-0.2, 0) is 9.53 Å². The van der Waals surface area contributed by atoms with E-state index >= 15 is 0 Å². The quantitative estimate of drug-likeness (QED) is 0.699. The highest BCUT2D eigenvalue weighted by Gasteiger charge is 2.51. The number of hydrogen-bond donors (Lipinski definition) is 1. The van der Waals surface area contributed by atoms with Crippen LogP contribution in [0.15, 0.2) is 0 Å². The Morgan fingerprint density at radius 2 is 2.10 bits per heavy atom. The lowest BCUT2D eigenvalue weighted by atomic mass is 9.63. The molecule has 4 nitrogen and oxygen atoms in total. The lowest BCUT2D eigenvalue weighted by Gasteiger charge is -2.55. The third-order valence-electron chi connectivity index (χ3n) is 4.62. The van der Waals surface area contributed by atoms with E-state index in [1.165, 1.54) is 0 Å². The van der Waals surface area contributed by atoms with Crippen LogP contribution < -0.4 is 5.73 Å². The second-order valence-corrected chi connectivity index (χ2v) is 6.81. The van der Waals surface area contributed by atoms with Crippen LogP contribution in [0.25, 0.3) is 0 Å². The Morgan fingerprint density at radius 1 is 1.48 bits per heavy atom. The second-order valence-electron chi connectivity index (χ2n) is 6.81. The lowest BCUT2D eigenvalue weighted by molar-refractivity contribution is -0.165. The van der Waals surface area contributed by atoms with Crippen molar-refractivity contribution in [1.29, 1.82) is 0 Å². The van der Waals surface area contributed by atoms with E-state index in [0.717, 1.165) is 32.3 Å². The predicted molar refractivity (Wildman–Crippen MR) is 89.7 cm³/mol. The van der Waals surface area contributed by atoms with Gasteiger partial charge in [0.2, 0.25) is 5.91 Å². The first-order valence-electron chi connectivity index (χ1n) is 7.93. The number of hydrogen-bond acceptors (Lipinski definition) is 3. The molecule has 126 valence electrons. The largest absolute Gasteiger partial charge is 0.378 e. The van der Waals surface area contributed by atoms with E-state index in [2.05, 4.69) is 20.8 Å². The summed E-state index contributed by atoms with van der Waals surface area (Å²) in [6.07, 6.45) is 4.81. The molecule has 0 aliphatic heterocycles. The molecule has 1 amide bonds. The van der Waals surface area contributed by atoms with E-state index in [0.29, 0.717) is 6.42 Å². The average molecular weight is 321 g/mol. The van der Waals surface area contributed by atoms with Crippen molar-refractivity contribution >= 4 is 18.3 Å². The second kappa shape index (κ2) is 8.96. The van der Waals surface area contributed by atoms with E-state index in [1.807, 2.05) is 18.9 Å². The van der Waals surface area contributed by atoms with E-state index < -0.39 is 0 Å². The SMILES string of the molecule is CCCCOC1CC(N(C)C(=O)CCC(C)N)C1(C)C.Cl. The average Bonchev–Trinajstić information content (AvgIpc) is 2.38. The number of halogens is 1. The molecule has 1 rings (SSSR count). The topological polar surface area (TPSA) is 55.6 Å². The molecule has 1 aliphatic carbocycles. The first-order chi connectivity index (χ1) is 9.30. The zero-order chi connectivity index (χ0) is 15.3. The fraction of sp³-hybridized carbons (Fsp3) is 0.938. The highest BCUT2D eigenvalue weighted by atomic mass is 35.5. The maximum atomic E-state index is 12.2. The molecule has 5 heteroatoms. The molecule has 1 fully saturated rings.